The molecule has 0 aliphatic rings. The van der Waals surface area contributed by atoms with Gasteiger partial charge < -0.3 is 4.90 Å². The van der Waals surface area contributed by atoms with Gasteiger partial charge in [0.15, 0.2) is 0 Å². The second kappa shape index (κ2) is 4.76. The van der Waals surface area contributed by atoms with Gasteiger partial charge in [-0.1, -0.05) is 12.1 Å². The average molecular weight is 243 g/mol. The Morgan fingerprint density at radius 3 is 2.88 bits per heavy atom. The fourth-order valence-corrected chi connectivity index (χ4v) is 1.99. The van der Waals surface area contributed by atoms with Crippen LogP contribution in [0.25, 0.3) is 0 Å². The van der Waals surface area contributed by atoms with Crippen LogP contribution in [0.2, 0.25) is 0 Å². The van der Waals surface area contributed by atoms with Crippen LogP contribution in [0.3, 0.4) is 0 Å². The molecule has 5 heteroatoms. The second-order valence-corrected chi connectivity index (χ2v) is 4.09. The molecule has 0 unspecified atom stereocenters. The Kier molecular flexibility index (Phi) is 3.17. The number of anilines is 1. The molecule has 0 atom stereocenters. The summed E-state index contributed by atoms with van der Waals surface area (Å²) in [6.45, 7) is 0. The quantitative estimate of drug-likeness (QED) is 0.813. The van der Waals surface area contributed by atoms with Crippen LogP contribution in [0.5, 0.6) is 0 Å². The molecule has 0 N–H and O–H groups in total. The molecule has 17 heavy (non-hydrogen) atoms. The topological polar surface area (TPSA) is 57.0 Å². The van der Waals surface area contributed by atoms with Crippen LogP contribution >= 0.6 is 11.3 Å². The number of benzene rings is 1. The molecule has 0 bridgehead atoms. The van der Waals surface area contributed by atoms with E-state index in [0.29, 0.717) is 16.9 Å². The number of hydrogen-bond acceptors (Lipinski definition) is 4. The van der Waals surface area contributed by atoms with Gasteiger partial charge in [0, 0.05) is 12.4 Å². The van der Waals surface area contributed by atoms with E-state index in [1.54, 1.807) is 42.2 Å². The molecule has 0 spiro atoms. The van der Waals surface area contributed by atoms with E-state index in [0.717, 1.165) is 0 Å². The van der Waals surface area contributed by atoms with Gasteiger partial charge >= 0.3 is 0 Å². The number of rotatable bonds is 2. The summed E-state index contributed by atoms with van der Waals surface area (Å²) in [6, 6.07) is 9.04. The Balaban J connectivity index is 2.35. The highest BCUT2D eigenvalue weighted by molar-refractivity contribution is 7.07. The number of hydrogen-bond donors (Lipinski definition) is 0. The number of para-hydroxylation sites is 1. The first-order chi connectivity index (χ1) is 8.24. The van der Waals surface area contributed by atoms with Crippen molar-refractivity contribution in [2.24, 2.45) is 0 Å². The zero-order valence-electron chi connectivity index (χ0n) is 9.12. The maximum absolute atomic E-state index is 12.0. The Labute approximate surface area is 103 Å². The van der Waals surface area contributed by atoms with Gasteiger partial charge in [0.2, 0.25) is 0 Å². The number of aromatic nitrogens is 1. The summed E-state index contributed by atoms with van der Waals surface area (Å²) in [6.07, 6.45) is 0. The highest BCUT2D eigenvalue weighted by atomic mass is 32.1. The van der Waals surface area contributed by atoms with Crippen molar-refractivity contribution in [3.8, 4) is 6.07 Å². The summed E-state index contributed by atoms with van der Waals surface area (Å²) in [7, 11) is 1.64. The van der Waals surface area contributed by atoms with Gasteiger partial charge in [0.25, 0.3) is 5.91 Å². The summed E-state index contributed by atoms with van der Waals surface area (Å²) >= 11 is 1.37. The Morgan fingerprint density at radius 2 is 2.24 bits per heavy atom. The second-order valence-electron chi connectivity index (χ2n) is 3.37. The number of nitrogens with zero attached hydrogens (tertiary/aromatic N) is 3. The first-order valence-electron chi connectivity index (χ1n) is 4.89. The highest BCUT2D eigenvalue weighted by Crippen LogP contribution is 2.20. The monoisotopic (exact) mass is 243 g/mol. The number of amides is 1. The fourth-order valence-electron chi connectivity index (χ4n) is 1.46. The molecule has 0 aliphatic carbocycles. The normalized spacial score (nSPS) is 9.65. The zero-order valence-corrected chi connectivity index (χ0v) is 9.94. The predicted molar refractivity (Wildman–Crippen MR) is 66.0 cm³/mol. The minimum Gasteiger partial charge on any atom is -0.309 e. The van der Waals surface area contributed by atoms with Gasteiger partial charge in [-0.2, -0.15) is 5.26 Å². The lowest BCUT2D eigenvalue weighted by Gasteiger charge is -2.17. The SMILES string of the molecule is CN(C(=O)c1cscn1)c1ccccc1C#N. The largest absolute Gasteiger partial charge is 0.309 e. The van der Waals surface area contributed by atoms with Crippen LogP contribution in [0, 0.1) is 11.3 Å². The van der Waals surface area contributed by atoms with Crippen molar-refractivity contribution in [2.75, 3.05) is 11.9 Å². The minimum absolute atomic E-state index is 0.214. The van der Waals surface area contributed by atoms with E-state index in [4.69, 9.17) is 5.26 Å². The number of carbonyl (C=O) groups excluding carboxylic acids is 1. The smallest absolute Gasteiger partial charge is 0.277 e. The van der Waals surface area contributed by atoms with Gasteiger partial charge in [-0.15, -0.1) is 11.3 Å². The molecular weight excluding hydrogens is 234 g/mol. The summed E-state index contributed by atoms with van der Waals surface area (Å²) in [5.74, 6) is -0.214. The minimum atomic E-state index is -0.214. The standard InChI is InChI=1S/C12H9N3OS/c1-15(12(16)10-7-17-8-14-10)11-5-3-2-4-9(11)6-13/h2-5,7-8H,1H3. The van der Waals surface area contributed by atoms with E-state index in [1.807, 2.05) is 0 Å². The Bertz CT molecular complexity index is 572. The Hall–Kier alpha value is -2.19. The lowest BCUT2D eigenvalue weighted by Crippen LogP contribution is -2.27. The maximum atomic E-state index is 12.0. The molecule has 0 aliphatic heterocycles. The first-order valence-corrected chi connectivity index (χ1v) is 5.83. The fraction of sp³-hybridized carbons (Fsp3) is 0.0833. The van der Waals surface area contributed by atoms with Crippen LogP contribution in [0.1, 0.15) is 16.1 Å². The first kappa shape index (κ1) is 11.3. The van der Waals surface area contributed by atoms with Crippen LogP contribution in [0.15, 0.2) is 35.2 Å². The summed E-state index contributed by atoms with van der Waals surface area (Å²) < 4.78 is 0. The van der Waals surface area contributed by atoms with Crippen molar-refractivity contribution in [1.29, 1.82) is 5.26 Å². The third-order valence-corrected chi connectivity index (χ3v) is 2.93. The van der Waals surface area contributed by atoms with Crippen molar-refractivity contribution in [3.63, 3.8) is 0 Å². The van der Waals surface area contributed by atoms with Crippen molar-refractivity contribution in [2.45, 2.75) is 0 Å². The molecule has 4 nitrogen and oxygen atoms in total. The number of carbonyl (C=O) groups is 1. The van der Waals surface area contributed by atoms with Gasteiger partial charge in [0.1, 0.15) is 11.8 Å². The highest BCUT2D eigenvalue weighted by Gasteiger charge is 2.17. The summed E-state index contributed by atoms with van der Waals surface area (Å²) in [5.41, 5.74) is 3.06. The maximum Gasteiger partial charge on any atom is 0.277 e. The average Bonchev–Trinajstić information content (AvgIpc) is 2.90. The molecule has 84 valence electrons. The number of nitriles is 1. The van der Waals surface area contributed by atoms with Gasteiger partial charge in [-0.05, 0) is 12.1 Å². The van der Waals surface area contributed by atoms with Gasteiger partial charge in [-0.3, -0.25) is 4.79 Å². The lowest BCUT2D eigenvalue weighted by molar-refractivity contribution is 0.0989. The lowest BCUT2D eigenvalue weighted by atomic mass is 10.2. The molecule has 2 aromatic rings. The molecule has 0 fully saturated rings. The van der Waals surface area contributed by atoms with Crippen LogP contribution in [-0.4, -0.2) is 17.9 Å². The van der Waals surface area contributed by atoms with Crippen molar-refractivity contribution < 1.29 is 4.79 Å². The molecule has 0 saturated heterocycles. The van der Waals surface area contributed by atoms with E-state index < -0.39 is 0 Å². The number of thiazole rings is 1. The van der Waals surface area contributed by atoms with Crippen LogP contribution in [0.4, 0.5) is 5.69 Å². The van der Waals surface area contributed by atoms with E-state index in [9.17, 15) is 4.79 Å². The molecule has 1 aromatic carbocycles. The molecule has 2 rings (SSSR count). The van der Waals surface area contributed by atoms with E-state index in [-0.39, 0.29) is 5.91 Å². The van der Waals surface area contributed by atoms with E-state index in [1.165, 1.54) is 16.2 Å². The molecular formula is C12H9N3OS. The summed E-state index contributed by atoms with van der Waals surface area (Å²) in [5, 5.41) is 10.7. The predicted octanol–water partition coefficient (Wildman–Crippen LogP) is 2.29. The summed E-state index contributed by atoms with van der Waals surface area (Å²) in [4.78, 5) is 17.4. The van der Waals surface area contributed by atoms with Crippen molar-refractivity contribution in [1.82, 2.24) is 4.98 Å². The van der Waals surface area contributed by atoms with E-state index >= 15 is 0 Å². The third kappa shape index (κ3) is 2.17. The third-order valence-electron chi connectivity index (χ3n) is 2.34. The van der Waals surface area contributed by atoms with Gasteiger partial charge in [0.05, 0.1) is 16.8 Å². The Morgan fingerprint density at radius 1 is 1.47 bits per heavy atom. The molecule has 1 heterocycles. The van der Waals surface area contributed by atoms with Crippen molar-refractivity contribution in [3.05, 3.63) is 46.4 Å². The van der Waals surface area contributed by atoms with E-state index in [2.05, 4.69) is 11.1 Å². The van der Waals surface area contributed by atoms with Gasteiger partial charge in [-0.25, -0.2) is 4.98 Å². The molecule has 0 radical (unpaired) electrons. The molecule has 0 saturated carbocycles. The van der Waals surface area contributed by atoms with Crippen LogP contribution < -0.4 is 4.90 Å². The van der Waals surface area contributed by atoms with Crippen molar-refractivity contribution >= 4 is 22.9 Å². The molecule has 1 amide bonds. The molecule has 1 aromatic heterocycles. The zero-order chi connectivity index (χ0) is 12.3. The van der Waals surface area contributed by atoms with Crippen LogP contribution in [-0.2, 0) is 0 Å².